The van der Waals surface area contributed by atoms with Gasteiger partial charge in [0.15, 0.2) is 0 Å². The molecule has 0 aliphatic carbocycles. The van der Waals surface area contributed by atoms with Gasteiger partial charge in [0.2, 0.25) is 0 Å². The summed E-state index contributed by atoms with van der Waals surface area (Å²) in [6, 6.07) is 24.3. The van der Waals surface area contributed by atoms with Crippen LogP contribution in [0.5, 0.6) is 0 Å². The zero-order chi connectivity index (χ0) is 19.8. The van der Waals surface area contributed by atoms with E-state index >= 15 is 0 Å². The third kappa shape index (κ3) is 4.33. The second kappa shape index (κ2) is 7.25. The van der Waals surface area contributed by atoms with Crippen LogP contribution in [0, 0.1) is 0 Å². The molecular weight excluding hydrogens is 343 g/mol. The molecule has 1 atom stereocenters. The molecule has 3 rings (SSSR count). The summed E-state index contributed by atoms with van der Waals surface area (Å²) in [6.45, 7) is 13.9. The third-order valence-electron chi connectivity index (χ3n) is 5.00. The van der Waals surface area contributed by atoms with Gasteiger partial charge in [0.05, 0.1) is 0 Å². The second-order valence-corrected chi connectivity index (χ2v) is 10.1. The average Bonchev–Trinajstić information content (AvgIpc) is 2.60. The summed E-state index contributed by atoms with van der Waals surface area (Å²) >= 11 is 0. The SMILES string of the molecule is CC(C)(C)c1cccc(-c2cc(P)cc(-c3ccccc3)c2)c1C(C)(C)C. The molecule has 27 heavy (non-hydrogen) atoms. The van der Waals surface area contributed by atoms with E-state index in [1.54, 1.807) is 0 Å². The van der Waals surface area contributed by atoms with Crippen molar-refractivity contribution in [3.63, 3.8) is 0 Å². The zero-order valence-corrected chi connectivity index (χ0v) is 18.6. The molecule has 0 saturated heterocycles. The van der Waals surface area contributed by atoms with Gasteiger partial charge in [0.1, 0.15) is 0 Å². The quantitative estimate of drug-likeness (QED) is 0.419. The molecule has 1 heteroatoms. The van der Waals surface area contributed by atoms with E-state index in [0.29, 0.717) is 0 Å². The van der Waals surface area contributed by atoms with Crippen molar-refractivity contribution in [2.75, 3.05) is 0 Å². The van der Waals surface area contributed by atoms with Crippen molar-refractivity contribution in [2.24, 2.45) is 0 Å². The minimum Gasteiger partial charge on any atom is -0.106 e. The number of rotatable bonds is 2. The van der Waals surface area contributed by atoms with E-state index < -0.39 is 0 Å². The first-order chi connectivity index (χ1) is 12.6. The van der Waals surface area contributed by atoms with E-state index in [1.165, 1.54) is 38.7 Å². The highest BCUT2D eigenvalue weighted by atomic mass is 31.0. The zero-order valence-electron chi connectivity index (χ0n) is 17.4. The normalized spacial score (nSPS) is 12.3. The Morgan fingerprint density at radius 3 is 1.81 bits per heavy atom. The minimum atomic E-state index is 0.0724. The summed E-state index contributed by atoms with van der Waals surface area (Å²) in [6.07, 6.45) is 0. The van der Waals surface area contributed by atoms with Gasteiger partial charge >= 0.3 is 0 Å². The van der Waals surface area contributed by atoms with Crippen LogP contribution < -0.4 is 5.30 Å². The summed E-state index contributed by atoms with van der Waals surface area (Å²) in [5.41, 5.74) is 8.22. The van der Waals surface area contributed by atoms with Crippen LogP contribution in [-0.2, 0) is 10.8 Å². The minimum absolute atomic E-state index is 0.0724. The van der Waals surface area contributed by atoms with Crippen molar-refractivity contribution < 1.29 is 0 Å². The summed E-state index contributed by atoms with van der Waals surface area (Å²) in [7, 11) is 2.88. The summed E-state index contributed by atoms with van der Waals surface area (Å²) in [5, 5.41) is 1.22. The van der Waals surface area contributed by atoms with Gasteiger partial charge in [0.25, 0.3) is 0 Å². The first-order valence-electron chi connectivity index (χ1n) is 9.68. The highest BCUT2D eigenvalue weighted by Crippen LogP contribution is 2.41. The summed E-state index contributed by atoms with van der Waals surface area (Å²) < 4.78 is 0. The van der Waals surface area contributed by atoms with Gasteiger partial charge in [0, 0.05) is 0 Å². The number of hydrogen-bond donors (Lipinski definition) is 0. The van der Waals surface area contributed by atoms with Gasteiger partial charge in [-0.05, 0) is 67.7 Å². The van der Waals surface area contributed by atoms with E-state index in [0.717, 1.165) is 0 Å². The molecule has 0 aromatic heterocycles. The molecule has 3 aromatic rings. The molecule has 1 unspecified atom stereocenters. The van der Waals surface area contributed by atoms with Crippen LogP contribution in [0.4, 0.5) is 0 Å². The van der Waals surface area contributed by atoms with Gasteiger partial charge < -0.3 is 0 Å². The molecule has 0 N–H and O–H groups in total. The predicted octanol–water partition coefficient (Wildman–Crippen LogP) is 7.12. The van der Waals surface area contributed by atoms with Crippen LogP contribution in [0.1, 0.15) is 52.7 Å². The third-order valence-corrected chi connectivity index (χ3v) is 5.33. The molecule has 0 fully saturated rings. The van der Waals surface area contributed by atoms with Crippen LogP contribution in [-0.4, -0.2) is 0 Å². The fourth-order valence-corrected chi connectivity index (χ4v) is 4.19. The maximum Gasteiger partial charge on any atom is -0.0123 e. The van der Waals surface area contributed by atoms with Crippen LogP contribution in [0.3, 0.4) is 0 Å². The second-order valence-electron chi connectivity index (χ2n) is 9.44. The Balaban J connectivity index is 2.28. The summed E-state index contributed by atoms with van der Waals surface area (Å²) in [5.74, 6) is 0. The van der Waals surface area contributed by atoms with E-state index in [2.05, 4.69) is 118 Å². The molecule has 0 saturated carbocycles. The molecule has 0 aliphatic rings. The number of benzene rings is 3. The lowest BCUT2D eigenvalue weighted by atomic mass is 9.72. The van der Waals surface area contributed by atoms with Gasteiger partial charge in [-0.1, -0.05) is 90.1 Å². The predicted molar refractivity (Wildman–Crippen MR) is 124 cm³/mol. The van der Waals surface area contributed by atoms with Crippen molar-refractivity contribution in [1.29, 1.82) is 0 Å². The lowest BCUT2D eigenvalue weighted by molar-refractivity contribution is 0.531. The van der Waals surface area contributed by atoms with Crippen molar-refractivity contribution in [3.8, 4) is 22.3 Å². The fraction of sp³-hybridized carbons (Fsp3) is 0.308. The molecule has 3 aromatic carbocycles. The highest BCUT2D eigenvalue weighted by molar-refractivity contribution is 7.27. The van der Waals surface area contributed by atoms with Crippen LogP contribution in [0.25, 0.3) is 22.3 Å². The van der Waals surface area contributed by atoms with E-state index in [1.807, 2.05) is 0 Å². The van der Waals surface area contributed by atoms with E-state index in [4.69, 9.17) is 0 Å². The maximum absolute atomic E-state index is 2.88. The van der Waals surface area contributed by atoms with E-state index in [9.17, 15) is 0 Å². The standard InChI is InChI=1S/C26H31P/c1-25(2,3)23-14-10-13-22(24(23)26(4,5)6)20-15-19(16-21(27)17-20)18-11-8-7-9-12-18/h7-17H,27H2,1-6H3. The van der Waals surface area contributed by atoms with Crippen LogP contribution in [0.2, 0.25) is 0 Å². The van der Waals surface area contributed by atoms with Crippen LogP contribution in [0.15, 0.2) is 66.7 Å². The molecule has 0 aliphatic heterocycles. The first-order valence-corrected chi connectivity index (χ1v) is 10.3. The average molecular weight is 375 g/mol. The Labute approximate surface area is 167 Å². The van der Waals surface area contributed by atoms with Crippen molar-refractivity contribution in [3.05, 3.63) is 77.9 Å². The Kier molecular flexibility index (Phi) is 5.33. The monoisotopic (exact) mass is 374 g/mol. The Morgan fingerprint density at radius 2 is 1.22 bits per heavy atom. The van der Waals surface area contributed by atoms with Crippen LogP contribution >= 0.6 is 9.24 Å². The molecule has 0 spiro atoms. The molecule has 0 heterocycles. The molecule has 0 bridgehead atoms. The Morgan fingerprint density at radius 1 is 0.593 bits per heavy atom. The van der Waals surface area contributed by atoms with Crippen molar-refractivity contribution >= 4 is 14.5 Å². The maximum atomic E-state index is 2.88. The number of hydrogen-bond acceptors (Lipinski definition) is 0. The Hall–Kier alpha value is -1.91. The first kappa shape index (κ1) is 19.8. The topological polar surface area (TPSA) is 0 Å². The van der Waals surface area contributed by atoms with Crippen molar-refractivity contribution in [2.45, 2.75) is 52.4 Å². The molecule has 0 amide bonds. The molecule has 140 valence electrons. The lowest BCUT2D eigenvalue weighted by Gasteiger charge is -2.32. The lowest BCUT2D eigenvalue weighted by Crippen LogP contribution is -2.23. The molecule has 0 nitrogen and oxygen atoms in total. The summed E-state index contributed by atoms with van der Waals surface area (Å²) in [4.78, 5) is 0. The molecule has 0 radical (unpaired) electrons. The van der Waals surface area contributed by atoms with Gasteiger partial charge in [-0.3, -0.25) is 0 Å². The van der Waals surface area contributed by atoms with Crippen molar-refractivity contribution in [1.82, 2.24) is 0 Å². The fourth-order valence-electron chi connectivity index (χ4n) is 3.83. The van der Waals surface area contributed by atoms with Gasteiger partial charge in [-0.2, -0.15) is 0 Å². The molecular formula is C26H31P. The Bertz CT molecular complexity index is 938. The highest BCUT2D eigenvalue weighted by Gasteiger charge is 2.28. The largest absolute Gasteiger partial charge is 0.106 e. The van der Waals surface area contributed by atoms with Gasteiger partial charge in [-0.15, -0.1) is 9.24 Å². The smallest absolute Gasteiger partial charge is 0.0123 e. The van der Waals surface area contributed by atoms with Gasteiger partial charge in [-0.25, -0.2) is 0 Å². The van der Waals surface area contributed by atoms with E-state index in [-0.39, 0.29) is 10.8 Å².